The zero-order valence-corrected chi connectivity index (χ0v) is 14.5. The van der Waals surface area contributed by atoms with Crippen LogP contribution >= 0.6 is 22.7 Å². The van der Waals surface area contributed by atoms with Crippen molar-refractivity contribution in [3.8, 4) is 0 Å². The molecule has 7 heteroatoms. The van der Waals surface area contributed by atoms with E-state index in [2.05, 4.69) is 4.98 Å². The largest absolute Gasteiger partial charge is 0.250 e. The van der Waals surface area contributed by atoms with Crippen LogP contribution in [-0.2, 0) is 16.4 Å². The average Bonchev–Trinajstić information content (AvgIpc) is 2.92. The molecule has 110 valence electrons. The van der Waals surface area contributed by atoms with Gasteiger partial charge in [-0.25, -0.2) is 17.7 Å². The van der Waals surface area contributed by atoms with E-state index in [0.29, 0.717) is 17.9 Å². The number of aromatic nitrogens is 1. The topological polar surface area (TPSA) is 50.3 Å². The van der Waals surface area contributed by atoms with Crippen LogP contribution in [0.5, 0.6) is 0 Å². The van der Waals surface area contributed by atoms with Crippen molar-refractivity contribution < 1.29 is 8.42 Å². The summed E-state index contributed by atoms with van der Waals surface area (Å²) in [4.78, 5) is 7.63. The van der Waals surface area contributed by atoms with Crippen LogP contribution in [0.4, 0.5) is 0 Å². The van der Waals surface area contributed by atoms with Gasteiger partial charge in [0, 0.05) is 28.2 Å². The van der Waals surface area contributed by atoms with E-state index >= 15 is 0 Å². The second-order valence-electron chi connectivity index (χ2n) is 4.72. The fraction of sp³-hybridized carbons (Fsp3) is 0.462. The van der Waals surface area contributed by atoms with Crippen LogP contribution in [0.1, 0.15) is 20.3 Å². The van der Waals surface area contributed by atoms with Crippen LogP contribution in [0.3, 0.4) is 0 Å². The van der Waals surface area contributed by atoms with Crippen LogP contribution in [0.15, 0.2) is 16.5 Å². The van der Waals surface area contributed by atoms with E-state index in [0.717, 1.165) is 20.3 Å². The number of thiazole rings is 1. The molecule has 0 atom stereocenters. The fourth-order valence-electron chi connectivity index (χ4n) is 1.98. The van der Waals surface area contributed by atoms with Crippen LogP contribution in [0.2, 0.25) is 0 Å². The van der Waals surface area contributed by atoms with Crippen molar-refractivity contribution in [1.82, 2.24) is 9.29 Å². The lowest BCUT2D eigenvalue weighted by molar-refractivity contribution is 0.473. The summed E-state index contributed by atoms with van der Waals surface area (Å²) in [6, 6.07) is 1.75. The third-order valence-electron chi connectivity index (χ3n) is 3.18. The van der Waals surface area contributed by atoms with Gasteiger partial charge in [0.05, 0.1) is 16.1 Å². The molecular weight excluding hydrogens is 312 g/mol. The Morgan fingerprint density at radius 1 is 1.30 bits per heavy atom. The van der Waals surface area contributed by atoms with Gasteiger partial charge in [0.25, 0.3) is 0 Å². The summed E-state index contributed by atoms with van der Waals surface area (Å²) in [6.07, 6.45) is 0.703. The summed E-state index contributed by atoms with van der Waals surface area (Å²) in [6.45, 7) is 6.20. The Balaban J connectivity index is 2.14. The molecule has 2 heterocycles. The van der Waals surface area contributed by atoms with Crippen molar-refractivity contribution in [2.45, 2.75) is 32.1 Å². The quantitative estimate of drug-likeness (QED) is 0.847. The second kappa shape index (κ2) is 5.93. The lowest BCUT2D eigenvalue weighted by Crippen LogP contribution is -2.29. The highest BCUT2D eigenvalue weighted by molar-refractivity contribution is 7.89. The number of hydrogen-bond acceptors (Lipinski definition) is 5. The molecule has 2 aromatic rings. The van der Waals surface area contributed by atoms with Gasteiger partial charge in [0.2, 0.25) is 10.0 Å². The normalized spacial score (nSPS) is 12.2. The number of thiophene rings is 1. The van der Waals surface area contributed by atoms with Gasteiger partial charge in [-0.3, -0.25) is 0 Å². The first-order valence-corrected chi connectivity index (χ1v) is 9.38. The van der Waals surface area contributed by atoms with Crippen molar-refractivity contribution in [2.24, 2.45) is 0 Å². The maximum Gasteiger partial charge on any atom is 0.243 e. The number of aryl methyl sites for hydroxylation is 3. The highest BCUT2D eigenvalue weighted by Crippen LogP contribution is 2.27. The minimum atomic E-state index is -3.39. The zero-order chi connectivity index (χ0) is 14.9. The number of nitrogens with zero attached hydrogens (tertiary/aromatic N) is 2. The Kier molecular flexibility index (Phi) is 4.63. The Bertz CT molecular complexity index is 701. The molecule has 0 amide bonds. The molecular formula is C13H18N2O2S3. The smallest absolute Gasteiger partial charge is 0.243 e. The summed E-state index contributed by atoms with van der Waals surface area (Å²) in [5.74, 6) is 0. The molecule has 0 aliphatic rings. The summed E-state index contributed by atoms with van der Waals surface area (Å²) in [5, 5.41) is 0. The maximum atomic E-state index is 12.5. The number of likely N-dealkylation sites (N-methyl/N-ethyl adjacent to an activating group) is 1. The summed E-state index contributed by atoms with van der Waals surface area (Å²) in [7, 11) is -1.75. The molecule has 0 saturated carbocycles. The van der Waals surface area contributed by atoms with Gasteiger partial charge in [0.1, 0.15) is 0 Å². The molecule has 0 aliphatic heterocycles. The van der Waals surface area contributed by atoms with Crippen LogP contribution in [-0.4, -0.2) is 31.3 Å². The van der Waals surface area contributed by atoms with E-state index in [-0.39, 0.29) is 0 Å². The van der Waals surface area contributed by atoms with E-state index in [1.54, 1.807) is 30.0 Å². The van der Waals surface area contributed by atoms with Crippen molar-refractivity contribution in [3.63, 3.8) is 0 Å². The lowest BCUT2D eigenvalue weighted by Gasteiger charge is -2.16. The average molecular weight is 331 g/mol. The summed E-state index contributed by atoms with van der Waals surface area (Å²) < 4.78 is 26.5. The minimum Gasteiger partial charge on any atom is -0.250 e. The highest BCUT2D eigenvalue weighted by atomic mass is 32.2. The van der Waals surface area contributed by atoms with Crippen molar-refractivity contribution in [2.75, 3.05) is 13.6 Å². The van der Waals surface area contributed by atoms with Crippen LogP contribution in [0.25, 0.3) is 0 Å². The first kappa shape index (κ1) is 15.6. The molecule has 2 rings (SSSR count). The highest BCUT2D eigenvalue weighted by Gasteiger charge is 2.24. The number of sulfonamides is 1. The molecule has 0 bridgehead atoms. The monoisotopic (exact) mass is 330 g/mol. The van der Waals surface area contributed by atoms with Gasteiger partial charge in [-0.2, -0.15) is 0 Å². The Labute approximate surface area is 128 Å². The van der Waals surface area contributed by atoms with E-state index in [4.69, 9.17) is 0 Å². The van der Waals surface area contributed by atoms with E-state index in [9.17, 15) is 8.42 Å². The lowest BCUT2D eigenvalue weighted by atomic mass is 10.3. The van der Waals surface area contributed by atoms with Gasteiger partial charge in [-0.05, 0) is 33.3 Å². The van der Waals surface area contributed by atoms with Crippen LogP contribution < -0.4 is 0 Å². The second-order valence-corrected chi connectivity index (χ2v) is 9.13. The predicted octanol–water partition coefficient (Wildman–Crippen LogP) is 2.99. The van der Waals surface area contributed by atoms with Gasteiger partial charge in [-0.15, -0.1) is 22.7 Å². The van der Waals surface area contributed by atoms with Gasteiger partial charge in [0.15, 0.2) is 0 Å². The third-order valence-corrected chi connectivity index (χ3v) is 7.26. The molecule has 4 nitrogen and oxygen atoms in total. The van der Waals surface area contributed by atoms with Crippen molar-refractivity contribution in [3.05, 3.63) is 31.9 Å². The first-order chi connectivity index (χ1) is 9.32. The molecule has 20 heavy (non-hydrogen) atoms. The van der Waals surface area contributed by atoms with Crippen molar-refractivity contribution in [1.29, 1.82) is 0 Å². The Morgan fingerprint density at radius 3 is 2.50 bits per heavy atom. The Morgan fingerprint density at radius 2 is 2.00 bits per heavy atom. The molecule has 0 N–H and O–H groups in total. The fourth-order valence-corrected chi connectivity index (χ4v) is 5.44. The molecule has 0 unspecified atom stereocenters. The SMILES string of the molecule is Cc1cc(S(=O)(=O)N(C)CCc2scnc2C)c(C)s1. The minimum absolute atomic E-state index is 0.434. The first-order valence-electron chi connectivity index (χ1n) is 6.24. The van der Waals surface area contributed by atoms with E-state index < -0.39 is 10.0 Å². The zero-order valence-electron chi connectivity index (χ0n) is 12.0. The van der Waals surface area contributed by atoms with Crippen LogP contribution in [0, 0.1) is 20.8 Å². The van der Waals surface area contributed by atoms with Gasteiger partial charge in [-0.1, -0.05) is 0 Å². The van der Waals surface area contributed by atoms with Gasteiger partial charge >= 0.3 is 0 Å². The molecule has 0 fully saturated rings. The molecule has 0 aromatic carbocycles. The number of hydrogen-bond donors (Lipinski definition) is 0. The van der Waals surface area contributed by atoms with E-state index in [1.807, 2.05) is 20.8 Å². The number of rotatable bonds is 5. The predicted molar refractivity (Wildman–Crippen MR) is 84.2 cm³/mol. The molecule has 0 radical (unpaired) electrons. The molecule has 2 aromatic heterocycles. The van der Waals surface area contributed by atoms with Gasteiger partial charge < -0.3 is 0 Å². The molecule has 0 spiro atoms. The standard InChI is InChI=1S/C13H18N2O2S3/c1-9-7-13(11(3)19-9)20(16,17)15(4)6-5-12-10(2)14-8-18-12/h7-8H,5-6H2,1-4H3. The van der Waals surface area contributed by atoms with Crippen molar-refractivity contribution >= 4 is 32.7 Å². The molecule has 0 saturated heterocycles. The third kappa shape index (κ3) is 3.11. The summed E-state index contributed by atoms with van der Waals surface area (Å²) in [5.41, 5.74) is 2.79. The Hall–Kier alpha value is -0.760. The van der Waals surface area contributed by atoms with E-state index in [1.165, 1.54) is 15.6 Å². The molecule has 0 aliphatic carbocycles. The maximum absolute atomic E-state index is 12.5. The summed E-state index contributed by atoms with van der Waals surface area (Å²) >= 11 is 3.09.